The third-order valence-corrected chi connectivity index (χ3v) is 2.58. The molecule has 0 aliphatic rings. The Morgan fingerprint density at radius 2 is 2.21 bits per heavy atom. The highest BCUT2D eigenvalue weighted by Gasteiger charge is 2.21. The molecule has 0 aliphatic heterocycles. The molecule has 0 aliphatic carbocycles. The molecule has 1 rings (SSSR count). The maximum Gasteiger partial charge on any atom is 0.121 e. The normalized spacial score (nSPS) is 14.9. The van der Waals surface area contributed by atoms with Crippen LogP contribution in [0.4, 0.5) is 0 Å². The average Bonchev–Trinajstić information content (AvgIpc) is 2.18. The fourth-order valence-electron chi connectivity index (χ4n) is 1.07. The van der Waals surface area contributed by atoms with Gasteiger partial charge in [0.2, 0.25) is 0 Å². The van der Waals surface area contributed by atoms with Gasteiger partial charge in [-0.2, -0.15) is 0 Å². The summed E-state index contributed by atoms with van der Waals surface area (Å²) in [7, 11) is 0. The molecule has 0 bridgehead atoms. The van der Waals surface area contributed by atoms with Gasteiger partial charge in [0, 0.05) is 11.6 Å². The van der Waals surface area contributed by atoms with Crippen LogP contribution in [-0.4, -0.2) is 12.1 Å². The molecular formula is C11H16ClNO. The molecule has 0 radical (unpaired) electrons. The Bertz CT molecular complexity index is 297. The molecule has 0 aromatic heterocycles. The van der Waals surface area contributed by atoms with Gasteiger partial charge < -0.3 is 10.5 Å². The predicted molar refractivity (Wildman–Crippen MR) is 59.8 cm³/mol. The van der Waals surface area contributed by atoms with Gasteiger partial charge in [-0.3, -0.25) is 0 Å². The molecule has 1 aromatic carbocycles. The lowest BCUT2D eigenvalue weighted by Gasteiger charge is -2.28. The van der Waals surface area contributed by atoms with Crippen molar-refractivity contribution in [2.24, 2.45) is 5.73 Å². The number of nitrogens with two attached hydrogens (primary N) is 1. The fraction of sp³-hybridized carbons (Fsp3) is 0.455. The second kappa shape index (κ2) is 4.67. The second-order valence-electron chi connectivity index (χ2n) is 3.57. The maximum atomic E-state index is 5.85. The summed E-state index contributed by atoms with van der Waals surface area (Å²) in [5.74, 6) is 0.771. The highest BCUT2D eigenvalue weighted by Crippen LogP contribution is 2.23. The molecule has 0 amide bonds. The second-order valence-corrected chi connectivity index (χ2v) is 4.00. The number of hydrogen-bond donors (Lipinski definition) is 1. The van der Waals surface area contributed by atoms with Crippen LogP contribution in [0.15, 0.2) is 24.3 Å². The molecule has 0 fully saturated rings. The van der Waals surface area contributed by atoms with Crippen molar-refractivity contribution in [3.63, 3.8) is 0 Å². The van der Waals surface area contributed by atoms with E-state index in [0.717, 1.165) is 12.2 Å². The Labute approximate surface area is 90.0 Å². The van der Waals surface area contributed by atoms with Crippen LogP contribution in [0.25, 0.3) is 0 Å². The van der Waals surface area contributed by atoms with Crippen LogP contribution < -0.4 is 10.5 Å². The molecule has 1 aromatic rings. The Balaban J connectivity index is 2.77. The lowest BCUT2D eigenvalue weighted by Crippen LogP contribution is -2.39. The van der Waals surface area contributed by atoms with Crippen LogP contribution in [0, 0.1) is 0 Å². The summed E-state index contributed by atoms with van der Waals surface area (Å²) in [4.78, 5) is 0. The smallest absolute Gasteiger partial charge is 0.121 e. The van der Waals surface area contributed by atoms with E-state index < -0.39 is 0 Å². The first kappa shape index (κ1) is 11.3. The molecule has 2 nitrogen and oxygen atoms in total. The van der Waals surface area contributed by atoms with Crippen molar-refractivity contribution in [3.8, 4) is 5.75 Å². The summed E-state index contributed by atoms with van der Waals surface area (Å²) >= 11 is 5.85. The molecule has 78 valence electrons. The molecule has 1 unspecified atom stereocenters. The van der Waals surface area contributed by atoms with E-state index >= 15 is 0 Å². The zero-order valence-corrected chi connectivity index (χ0v) is 9.34. The van der Waals surface area contributed by atoms with Crippen LogP contribution in [0.2, 0.25) is 5.02 Å². The Kier molecular flexibility index (Phi) is 3.78. The van der Waals surface area contributed by atoms with Crippen molar-refractivity contribution in [1.29, 1.82) is 0 Å². The SMILES string of the molecule is CCC(C)(CN)Oc1cccc(Cl)c1. The van der Waals surface area contributed by atoms with E-state index in [4.69, 9.17) is 22.1 Å². The monoisotopic (exact) mass is 213 g/mol. The summed E-state index contributed by atoms with van der Waals surface area (Å²) in [5, 5.41) is 0.679. The van der Waals surface area contributed by atoms with Crippen molar-refractivity contribution in [2.75, 3.05) is 6.54 Å². The minimum Gasteiger partial charge on any atom is -0.486 e. The van der Waals surface area contributed by atoms with E-state index in [9.17, 15) is 0 Å². The van der Waals surface area contributed by atoms with Gasteiger partial charge in [-0.05, 0) is 31.5 Å². The van der Waals surface area contributed by atoms with E-state index in [-0.39, 0.29) is 5.60 Å². The third kappa shape index (κ3) is 2.89. The highest BCUT2D eigenvalue weighted by molar-refractivity contribution is 6.30. The van der Waals surface area contributed by atoms with Crippen molar-refractivity contribution >= 4 is 11.6 Å². The van der Waals surface area contributed by atoms with Crippen molar-refractivity contribution in [1.82, 2.24) is 0 Å². The highest BCUT2D eigenvalue weighted by atomic mass is 35.5. The van der Waals surface area contributed by atoms with Gasteiger partial charge >= 0.3 is 0 Å². The quantitative estimate of drug-likeness (QED) is 0.835. The van der Waals surface area contributed by atoms with Crippen molar-refractivity contribution in [2.45, 2.75) is 25.9 Å². The minimum atomic E-state index is -0.301. The molecule has 14 heavy (non-hydrogen) atoms. The van der Waals surface area contributed by atoms with E-state index in [1.165, 1.54) is 0 Å². The van der Waals surface area contributed by atoms with Gasteiger partial charge in [0.05, 0.1) is 0 Å². The van der Waals surface area contributed by atoms with E-state index in [1.54, 1.807) is 6.07 Å². The first-order valence-corrected chi connectivity index (χ1v) is 5.12. The predicted octanol–water partition coefficient (Wildman–Crippen LogP) is 2.85. The van der Waals surface area contributed by atoms with Crippen molar-refractivity contribution in [3.05, 3.63) is 29.3 Å². The number of hydrogen-bond acceptors (Lipinski definition) is 2. The Morgan fingerprint density at radius 1 is 1.50 bits per heavy atom. The number of halogens is 1. The first-order valence-electron chi connectivity index (χ1n) is 4.74. The van der Waals surface area contributed by atoms with Crippen LogP contribution in [-0.2, 0) is 0 Å². The average molecular weight is 214 g/mol. The summed E-state index contributed by atoms with van der Waals surface area (Å²) < 4.78 is 5.77. The third-order valence-electron chi connectivity index (χ3n) is 2.34. The van der Waals surface area contributed by atoms with Gasteiger partial charge in [-0.1, -0.05) is 24.6 Å². The number of rotatable bonds is 4. The molecular weight excluding hydrogens is 198 g/mol. The molecule has 3 heteroatoms. The summed E-state index contributed by atoms with van der Waals surface area (Å²) in [5.41, 5.74) is 5.34. The molecule has 1 atom stereocenters. The largest absolute Gasteiger partial charge is 0.486 e. The number of ether oxygens (including phenoxy) is 1. The first-order chi connectivity index (χ1) is 6.59. The molecule has 0 saturated heterocycles. The molecule has 0 spiro atoms. The summed E-state index contributed by atoms with van der Waals surface area (Å²) in [6, 6.07) is 7.37. The summed E-state index contributed by atoms with van der Waals surface area (Å²) in [6.07, 6.45) is 0.871. The van der Waals surface area contributed by atoms with Crippen LogP contribution in [0.1, 0.15) is 20.3 Å². The Hall–Kier alpha value is -0.730. The summed E-state index contributed by atoms with van der Waals surface area (Å²) in [6.45, 7) is 4.54. The molecule has 0 heterocycles. The minimum absolute atomic E-state index is 0.301. The van der Waals surface area contributed by atoms with Crippen molar-refractivity contribution < 1.29 is 4.74 Å². The molecule has 0 saturated carbocycles. The van der Waals surface area contributed by atoms with Crippen LogP contribution >= 0.6 is 11.6 Å². The van der Waals surface area contributed by atoms with E-state index in [1.807, 2.05) is 25.1 Å². The lowest BCUT2D eigenvalue weighted by molar-refractivity contribution is 0.0935. The fourth-order valence-corrected chi connectivity index (χ4v) is 1.25. The maximum absolute atomic E-state index is 5.85. The standard InChI is InChI=1S/C11H16ClNO/c1-3-11(2,8-13)14-10-6-4-5-9(12)7-10/h4-7H,3,8,13H2,1-2H3. The van der Waals surface area contributed by atoms with Crippen LogP contribution in [0.3, 0.4) is 0 Å². The van der Waals surface area contributed by atoms with Gasteiger partial charge in [-0.25, -0.2) is 0 Å². The van der Waals surface area contributed by atoms with E-state index in [2.05, 4.69) is 6.92 Å². The Morgan fingerprint density at radius 3 is 2.71 bits per heavy atom. The zero-order valence-electron chi connectivity index (χ0n) is 8.59. The van der Waals surface area contributed by atoms with E-state index in [0.29, 0.717) is 11.6 Å². The van der Waals surface area contributed by atoms with Gasteiger partial charge in [0.1, 0.15) is 11.4 Å². The zero-order chi connectivity index (χ0) is 10.6. The van der Waals surface area contributed by atoms with Gasteiger partial charge in [-0.15, -0.1) is 0 Å². The lowest BCUT2D eigenvalue weighted by atomic mass is 10.0. The van der Waals surface area contributed by atoms with Gasteiger partial charge in [0.25, 0.3) is 0 Å². The molecule has 2 N–H and O–H groups in total. The van der Waals surface area contributed by atoms with Crippen LogP contribution in [0.5, 0.6) is 5.75 Å². The topological polar surface area (TPSA) is 35.2 Å². The number of benzene rings is 1. The van der Waals surface area contributed by atoms with Gasteiger partial charge in [0.15, 0.2) is 0 Å².